The summed E-state index contributed by atoms with van der Waals surface area (Å²) < 4.78 is 0. The van der Waals surface area contributed by atoms with Crippen LogP contribution in [0.5, 0.6) is 0 Å². The number of unbranched alkanes of at least 4 members (excludes halogenated alkanes) is 6. The topological polar surface area (TPSA) is 26.0 Å². The van der Waals surface area contributed by atoms with Crippen molar-refractivity contribution < 1.29 is 0 Å². The first-order valence-corrected chi connectivity index (χ1v) is 8.03. The van der Waals surface area contributed by atoms with E-state index in [-0.39, 0.29) is 0 Å². The second kappa shape index (κ2) is 8.97. The molecule has 0 atom stereocenters. The Morgan fingerprint density at radius 1 is 0.824 bits per heavy atom. The lowest BCUT2D eigenvalue weighted by Gasteiger charge is -2.36. The van der Waals surface area contributed by atoms with Gasteiger partial charge in [0.15, 0.2) is 0 Å². The molecule has 0 heterocycles. The molecule has 0 spiro atoms. The Morgan fingerprint density at radius 3 is 2.00 bits per heavy atom. The van der Waals surface area contributed by atoms with E-state index in [9.17, 15) is 0 Å². The molecule has 0 aromatic rings. The molecule has 0 aliphatic heterocycles. The van der Waals surface area contributed by atoms with Crippen molar-refractivity contribution in [1.29, 1.82) is 0 Å². The standard InChI is InChI=1S/C16H33N/c1-2-3-4-5-6-7-9-12-16(15-17)13-10-8-11-14-16/h2-15,17H2,1H3. The van der Waals surface area contributed by atoms with Gasteiger partial charge in [-0.25, -0.2) is 0 Å². The number of rotatable bonds is 9. The first kappa shape index (κ1) is 15.0. The SMILES string of the molecule is CCCCCCCCCC1(CN)CCCCC1. The van der Waals surface area contributed by atoms with Crippen LogP contribution in [-0.4, -0.2) is 6.54 Å². The molecule has 0 aromatic carbocycles. The number of hydrogen-bond donors (Lipinski definition) is 1. The molecule has 0 amide bonds. The highest BCUT2D eigenvalue weighted by molar-refractivity contribution is 4.83. The smallest absolute Gasteiger partial charge is 0.00205 e. The van der Waals surface area contributed by atoms with Crippen molar-refractivity contribution in [3.63, 3.8) is 0 Å². The van der Waals surface area contributed by atoms with Crippen LogP contribution in [0.25, 0.3) is 0 Å². The van der Waals surface area contributed by atoms with Gasteiger partial charge in [-0.1, -0.05) is 71.1 Å². The Hall–Kier alpha value is -0.0400. The largest absolute Gasteiger partial charge is 0.330 e. The van der Waals surface area contributed by atoms with E-state index in [4.69, 9.17) is 5.73 Å². The van der Waals surface area contributed by atoms with Gasteiger partial charge in [0.05, 0.1) is 0 Å². The molecule has 17 heavy (non-hydrogen) atoms. The highest BCUT2D eigenvalue weighted by Gasteiger charge is 2.29. The summed E-state index contributed by atoms with van der Waals surface area (Å²) in [6.07, 6.45) is 18.5. The fraction of sp³-hybridized carbons (Fsp3) is 1.00. The molecule has 102 valence electrons. The van der Waals surface area contributed by atoms with Gasteiger partial charge in [0.1, 0.15) is 0 Å². The van der Waals surface area contributed by atoms with Gasteiger partial charge in [0, 0.05) is 0 Å². The lowest BCUT2D eigenvalue weighted by atomic mass is 9.71. The molecule has 1 fully saturated rings. The molecule has 2 N–H and O–H groups in total. The third kappa shape index (κ3) is 5.90. The van der Waals surface area contributed by atoms with E-state index in [0.717, 1.165) is 6.54 Å². The summed E-state index contributed by atoms with van der Waals surface area (Å²) in [7, 11) is 0. The number of nitrogens with two attached hydrogens (primary N) is 1. The average molecular weight is 239 g/mol. The van der Waals surface area contributed by atoms with Gasteiger partial charge < -0.3 is 5.73 Å². The summed E-state index contributed by atoms with van der Waals surface area (Å²) in [5.41, 5.74) is 6.56. The summed E-state index contributed by atoms with van der Waals surface area (Å²) in [5.74, 6) is 0. The molecule has 1 heteroatoms. The second-order valence-corrected chi connectivity index (χ2v) is 6.14. The second-order valence-electron chi connectivity index (χ2n) is 6.14. The Labute approximate surface area is 109 Å². The predicted octanol–water partition coefficient (Wildman–Crippen LogP) is 5.04. The van der Waals surface area contributed by atoms with Crippen LogP contribution in [0.2, 0.25) is 0 Å². The maximum Gasteiger partial charge on any atom is -0.00205 e. The summed E-state index contributed by atoms with van der Waals surface area (Å²) in [4.78, 5) is 0. The first-order chi connectivity index (χ1) is 8.33. The van der Waals surface area contributed by atoms with Gasteiger partial charge in [0.25, 0.3) is 0 Å². The third-order valence-electron chi connectivity index (χ3n) is 4.66. The highest BCUT2D eigenvalue weighted by atomic mass is 14.6. The van der Waals surface area contributed by atoms with Crippen LogP contribution in [0, 0.1) is 5.41 Å². The summed E-state index contributed by atoms with van der Waals surface area (Å²) in [6.45, 7) is 3.22. The lowest BCUT2D eigenvalue weighted by Crippen LogP contribution is -2.32. The fourth-order valence-corrected chi connectivity index (χ4v) is 3.32. The molecule has 0 bridgehead atoms. The van der Waals surface area contributed by atoms with Crippen LogP contribution in [0.4, 0.5) is 0 Å². The fourth-order valence-electron chi connectivity index (χ4n) is 3.32. The minimum atomic E-state index is 0.543. The maximum atomic E-state index is 6.02. The molecule has 1 aliphatic carbocycles. The average Bonchev–Trinajstić information content (AvgIpc) is 2.39. The van der Waals surface area contributed by atoms with Gasteiger partial charge in [-0.05, 0) is 31.2 Å². The van der Waals surface area contributed by atoms with Crippen LogP contribution >= 0.6 is 0 Å². The molecular formula is C16H33N. The Bertz CT molecular complexity index is 170. The summed E-state index contributed by atoms with van der Waals surface area (Å²) in [6, 6.07) is 0. The van der Waals surface area contributed by atoms with E-state index in [2.05, 4.69) is 6.92 Å². The highest BCUT2D eigenvalue weighted by Crippen LogP contribution is 2.39. The minimum absolute atomic E-state index is 0.543. The summed E-state index contributed by atoms with van der Waals surface area (Å²) >= 11 is 0. The van der Waals surface area contributed by atoms with Crippen molar-refractivity contribution in [3.8, 4) is 0 Å². The zero-order valence-corrected chi connectivity index (χ0v) is 12.0. The molecule has 1 nitrogen and oxygen atoms in total. The van der Waals surface area contributed by atoms with Crippen LogP contribution in [0.3, 0.4) is 0 Å². The van der Waals surface area contributed by atoms with Gasteiger partial charge in [-0.2, -0.15) is 0 Å². The third-order valence-corrected chi connectivity index (χ3v) is 4.66. The Kier molecular flexibility index (Phi) is 7.92. The molecule has 1 rings (SSSR count). The van der Waals surface area contributed by atoms with Crippen LogP contribution < -0.4 is 5.73 Å². The van der Waals surface area contributed by atoms with Crippen molar-refractivity contribution in [1.82, 2.24) is 0 Å². The molecule has 0 aromatic heterocycles. The van der Waals surface area contributed by atoms with Crippen LogP contribution in [-0.2, 0) is 0 Å². The van der Waals surface area contributed by atoms with E-state index in [0.29, 0.717) is 5.41 Å². The number of hydrogen-bond acceptors (Lipinski definition) is 1. The van der Waals surface area contributed by atoms with Crippen molar-refractivity contribution in [2.45, 2.75) is 90.4 Å². The van der Waals surface area contributed by atoms with Crippen molar-refractivity contribution >= 4 is 0 Å². The Balaban J connectivity index is 2.03. The maximum absolute atomic E-state index is 6.02. The zero-order valence-electron chi connectivity index (χ0n) is 12.0. The van der Waals surface area contributed by atoms with Crippen molar-refractivity contribution in [2.75, 3.05) is 6.54 Å². The van der Waals surface area contributed by atoms with Crippen LogP contribution in [0.1, 0.15) is 90.4 Å². The zero-order chi connectivity index (χ0) is 12.4. The van der Waals surface area contributed by atoms with Gasteiger partial charge in [0.2, 0.25) is 0 Å². The molecule has 0 saturated heterocycles. The molecule has 0 radical (unpaired) electrons. The molecule has 0 unspecified atom stereocenters. The molecular weight excluding hydrogens is 206 g/mol. The van der Waals surface area contributed by atoms with Crippen LogP contribution in [0.15, 0.2) is 0 Å². The van der Waals surface area contributed by atoms with Gasteiger partial charge in [-0.15, -0.1) is 0 Å². The summed E-state index contributed by atoms with van der Waals surface area (Å²) in [5, 5.41) is 0. The van der Waals surface area contributed by atoms with E-state index < -0.39 is 0 Å². The normalized spacial score (nSPS) is 19.4. The Morgan fingerprint density at radius 2 is 1.41 bits per heavy atom. The monoisotopic (exact) mass is 239 g/mol. The minimum Gasteiger partial charge on any atom is -0.330 e. The predicted molar refractivity (Wildman–Crippen MR) is 77.2 cm³/mol. The molecule has 1 saturated carbocycles. The van der Waals surface area contributed by atoms with E-state index in [1.807, 2.05) is 0 Å². The van der Waals surface area contributed by atoms with E-state index in [1.54, 1.807) is 0 Å². The molecule has 1 aliphatic rings. The van der Waals surface area contributed by atoms with E-state index >= 15 is 0 Å². The van der Waals surface area contributed by atoms with Gasteiger partial charge in [-0.3, -0.25) is 0 Å². The van der Waals surface area contributed by atoms with Crippen molar-refractivity contribution in [2.24, 2.45) is 11.1 Å². The van der Waals surface area contributed by atoms with E-state index in [1.165, 1.54) is 83.5 Å². The quantitative estimate of drug-likeness (QED) is 0.561. The van der Waals surface area contributed by atoms with Crippen molar-refractivity contribution in [3.05, 3.63) is 0 Å². The lowest BCUT2D eigenvalue weighted by molar-refractivity contribution is 0.176. The first-order valence-electron chi connectivity index (χ1n) is 8.03. The van der Waals surface area contributed by atoms with Gasteiger partial charge >= 0.3 is 0 Å².